The Hall–Kier alpha value is -4.53. The number of hydrogen-bond acceptors (Lipinski definition) is 4. The maximum absolute atomic E-state index is 13.2. The van der Waals surface area contributed by atoms with Crippen LogP contribution in [0.15, 0.2) is 77.2 Å². The summed E-state index contributed by atoms with van der Waals surface area (Å²) >= 11 is 0. The lowest BCUT2D eigenvalue weighted by atomic mass is 9.60. The van der Waals surface area contributed by atoms with Gasteiger partial charge in [-0.1, -0.05) is 59.8 Å². The fourth-order valence-electron chi connectivity index (χ4n) is 8.58. The topological polar surface area (TPSA) is 105 Å². The maximum atomic E-state index is 13.2. The van der Waals surface area contributed by atoms with Crippen LogP contribution < -0.4 is 0 Å². The minimum absolute atomic E-state index is 0. The van der Waals surface area contributed by atoms with E-state index in [9.17, 15) is 13.9 Å². The molecule has 2 aromatic carbocycles. The van der Waals surface area contributed by atoms with Gasteiger partial charge in [0.15, 0.2) is 0 Å². The Balaban J connectivity index is 0.000000261. The second-order valence-corrected chi connectivity index (χ2v) is 14.2. The molecule has 0 spiro atoms. The highest BCUT2D eigenvalue weighted by Crippen LogP contribution is 2.52. The molecular formula is C42H57F2N7O. The molecule has 10 heteroatoms. The summed E-state index contributed by atoms with van der Waals surface area (Å²) in [4.78, 5) is 2.95. The van der Waals surface area contributed by atoms with Gasteiger partial charge in [0.1, 0.15) is 11.6 Å². The number of allylic oxidation sites excluding steroid dienone is 2. The fourth-order valence-corrected chi connectivity index (χ4v) is 8.58. The molecule has 0 amide bonds. The first-order valence-corrected chi connectivity index (χ1v) is 16.9. The third-order valence-electron chi connectivity index (χ3n) is 11.5. The molecule has 280 valence electrons. The van der Waals surface area contributed by atoms with E-state index in [2.05, 4.69) is 46.2 Å². The number of rotatable bonds is 5. The highest BCUT2D eigenvalue weighted by Gasteiger charge is 2.44. The van der Waals surface area contributed by atoms with Gasteiger partial charge in [0, 0.05) is 18.1 Å². The first-order valence-electron chi connectivity index (χ1n) is 16.9. The number of azide groups is 1. The summed E-state index contributed by atoms with van der Waals surface area (Å²) in [6, 6.07) is 12.9. The van der Waals surface area contributed by atoms with E-state index in [0.29, 0.717) is 18.4 Å². The fraction of sp³-hybridized carbons (Fsp3) is 0.476. The van der Waals surface area contributed by atoms with Gasteiger partial charge in [0.2, 0.25) is 0 Å². The van der Waals surface area contributed by atoms with Crippen LogP contribution in [0.3, 0.4) is 0 Å². The van der Waals surface area contributed by atoms with Crippen LogP contribution in [0.5, 0.6) is 0 Å². The van der Waals surface area contributed by atoms with Crippen LogP contribution in [0.1, 0.15) is 105 Å². The van der Waals surface area contributed by atoms with Crippen molar-refractivity contribution in [2.75, 3.05) is 13.2 Å². The van der Waals surface area contributed by atoms with E-state index in [0.717, 1.165) is 74.1 Å². The largest absolute Gasteiger partial charge is 0.396 e. The van der Waals surface area contributed by atoms with Gasteiger partial charge in [-0.3, -0.25) is 0 Å². The predicted octanol–water partition coefficient (Wildman–Crippen LogP) is 11.4. The summed E-state index contributed by atoms with van der Waals surface area (Å²) in [7, 11) is 0. The van der Waals surface area contributed by atoms with E-state index in [1.165, 1.54) is 46.5 Å². The summed E-state index contributed by atoms with van der Waals surface area (Å²) in [5, 5.41) is 22.7. The molecule has 2 aromatic heterocycles. The molecule has 4 atom stereocenters. The van der Waals surface area contributed by atoms with Gasteiger partial charge in [-0.25, -0.2) is 18.1 Å². The van der Waals surface area contributed by atoms with Gasteiger partial charge in [-0.05, 0) is 151 Å². The van der Waals surface area contributed by atoms with Gasteiger partial charge in [-0.2, -0.15) is 10.2 Å². The second-order valence-electron chi connectivity index (χ2n) is 14.2. The molecule has 1 N–H and O–H groups in total. The number of aliphatic hydroxyl groups excluding tert-OH is 1. The lowest BCUT2D eigenvalue weighted by Gasteiger charge is -2.45. The molecule has 0 unspecified atom stereocenters. The highest BCUT2D eigenvalue weighted by molar-refractivity contribution is 5.62. The Labute approximate surface area is 308 Å². The number of nitrogens with zero attached hydrogens (tertiary/aromatic N) is 7. The van der Waals surface area contributed by atoms with Crippen molar-refractivity contribution in [2.24, 2.45) is 27.8 Å². The minimum atomic E-state index is -0.246. The van der Waals surface area contributed by atoms with E-state index in [1.54, 1.807) is 24.3 Å². The van der Waals surface area contributed by atoms with Crippen molar-refractivity contribution in [3.8, 4) is 11.4 Å². The van der Waals surface area contributed by atoms with Crippen molar-refractivity contribution in [3.05, 3.63) is 117 Å². The quantitative estimate of drug-likeness (QED) is 0.126. The van der Waals surface area contributed by atoms with Crippen molar-refractivity contribution >= 4 is 12.2 Å². The first kappa shape index (κ1) is 41.9. The molecule has 8 rings (SSSR count). The Morgan fingerprint density at radius 3 is 1.60 bits per heavy atom. The number of aromatic nitrogens is 4. The minimum Gasteiger partial charge on any atom is -0.396 e. The first-order chi connectivity index (χ1) is 23.2. The van der Waals surface area contributed by atoms with E-state index in [-0.39, 0.29) is 58.8 Å². The van der Waals surface area contributed by atoms with Gasteiger partial charge < -0.3 is 5.11 Å². The maximum Gasteiger partial charge on any atom is 0.123 e. The average molecular weight is 714 g/mol. The average Bonchev–Trinajstić information content (AvgIpc) is 3.68. The van der Waals surface area contributed by atoms with Crippen molar-refractivity contribution in [1.29, 1.82) is 0 Å². The zero-order valence-electron chi connectivity index (χ0n) is 27.5. The van der Waals surface area contributed by atoms with E-state index >= 15 is 0 Å². The van der Waals surface area contributed by atoms with Gasteiger partial charge in [0.05, 0.1) is 35.2 Å². The summed E-state index contributed by atoms with van der Waals surface area (Å²) in [5.41, 5.74) is 17.9. The molecule has 52 heavy (non-hydrogen) atoms. The molecule has 2 saturated carbocycles. The van der Waals surface area contributed by atoms with Gasteiger partial charge in [0.25, 0.3) is 0 Å². The van der Waals surface area contributed by atoms with E-state index < -0.39 is 0 Å². The Kier molecular flexibility index (Phi) is 13.6. The van der Waals surface area contributed by atoms with Crippen LogP contribution in [0.2, 0.25) is 0 Å². The van der Waals surface area contributed by atoms with Crippen LogP contribution in [-0.4, -0.2) is 37.8 Å². The zero-order chi connectivity index (χ0) is 33.5. The number of fused-ring (bicyclic) bond motifs is 4. The molecule has 2 heterocycles. The Bertz CT molecular complexity index is 1920. The van der Waals surface area contributed by atoms with Crippen molar-refractivity contribution < 1.29 is 13.9 Å². The molecule has 4 aliphatic rings. The van der Waals surface area contributed by atoms with Gasteiger partial charge >= 0.3 is 0 Å². The third-order valence-corrected chi connectivity index (χ3v) is 11.5. The number of hydrogen-bond donors (Lipinski definition) is 1. The van der Waals surface area contributed by atoms with Crippen LogP contribution >= 0.6 is 0 Å². The number of halogens is 2. The summed E-state index contributed by atoms with van der Waals surface area (Å²) < 4.78 is 30.1. The monoisotopic (exact) mass is 713 g/mol. The summed E-state index contributed by atoms with van der Waals surface area (Å²) in [6.07, 6.45) is 16.7. The summed E-state index contributed by atoms with van der Waals surface area (Å²) in [6.45, 7) is 5.35. The van der Waals surface area contributed by atoms with Crippen LogP contribution in [-0.2, 0) is 12.8 Å². The van der Waals surface area contributed by atoms with Crippen LogP contribution in [0, 0.1) is 34.3 Å². The molecular weight excluding hydrogens is 657 g/mol. The van der Waals surface area contributed by atoms with Crippen LogP contribution in [0.4, 0.5) is 8.78 Å². The third kappa shape index (κ3) is 7.50. The molecule has 0 aliphatic heterocycles. The molecule has 0 bridgehead atoms. The standard InChI is InChI=1S/C19H20FN5.C19H21FN2O.4CH4/c1-19-10-13-11-23-25(17-7-5-16(20)6-8-17)18(13)9-14(19)3-2-4-15(19)12-22-24-21;1-19-10-13-11-21-22(17-7-5-16(20)6-8-17)18(13)9-14(19)3-2-4-15(19)12-23;;;;/h5-9,11,15H,2-4,10,12H2,1H3;5-9,11,15,23H,2-4,10,12H2,1H3;4*1H4/t2*15-,19+;;;;/m11..../s1. The molecule has 2 fully saturated rings. The SMILES string of the molecule is C.C.C.C.C[C@]12Cc3cnn(-c4ccc(F)cc4)c3C=C1CCC[C@@H]2CN=[N+]=[N-].C[C@]12Cc3cnn(-c4ccc(F)cc4)c3C=C1CCC[C@@H]2CO. The molecule has 4 aliphatic carbocycles. The smallest absolute Gasteiger partial charge is 0.123 e. The normalized spacial score (nSPS) is 23.6. The van der Waals surface area contributed by atoms with Crippen molar-refractivity contribution in [3.63, 3.8) is 0 Å². The Morgan fingerprint density at radius 2 is 1.17 bits per heavy atom. The molecule has 0 radical (unpaired) electrons. The molecule has 4 aromatic rings. The van der Waals surface area contributed by atoms with E-state index in [4.69, 9.17) is 5.53 Å². The Morgan fingerprint density at radius 1 is 0.750 bits per heavy atom. The van der Waals surface area contributed by atoms with E-state index in [1.807, 2.05) is 21.8 Å². The zero-order valence-corrected chi connectivity index (χ0v) is 27.5. The lowest BCUT2D eigenvalue weighted by Crippen LogP contribution is -2.38. The number of aliphatic hydroxyl groups is 1. The van der Waals surface area contributed by atoms with Crippen molar-refractivity contribution in [1.82, 2.24) is 19.6 Å². The lowest BCUT2D eigenvalue weighted by molar-refractivity contribution is 0.100. The van der Waals surface area contributed by atoms with Crippen molar-refractivity contribution in [2.45, 2.75) is 94.9 Å². The molecule has 8 nitrogen and oxygen atoms in total. The predicted molar refractivity (Wildman–Crippen MR) is 209 cm³/mol. The highest BCUT2D eigenvalue weighted by atomic mass is 19.1. The van der Waals surface area contributed by atoms with Gasteiger partial charge in [-0.15, -0.1) is 0 Å². The summed E-state index contributed by atoms with van der Waals surface area (Å²) in [5.74, 6) is 0.207. The van der Waals surface area contributed by atoms with Crippen LogP contribution in [0.25, 0.3) is 34.0 Å². The number of benzene rings is 2. The second kappa shape index (κ2) is 16.9. The molecule has 0 saturated heterocycles.